The van der Waals surface area contributed by atoms with Gasteiger partial charge in [0.15, 0.2) is 0 Å². The second kappa shape index (κ2) is 6.87. The van der Waals surface area contributed by atoms with Crippen LogP contribution < -0.4 is 10.2 Å². The Balaban J connectivity index is 1.78. The molecule has 1 aliphatic rings. The summed E-state index contributed by atoms with van der Waals surface area (Å²) < 4.78 is 0. The van der Waals surface area contributed by atoms with Gasteiger partial charge in [0.1, 0.15) is 0 Å². The van der Waals surface area contributed by atoms with Crippen molar-refractivity contribution in [2.75, 3.05) is 16.8 Å². The van der Waals surface area contributed by atoms with Gasteiger partial charge in [0.25, 0.3) is 5.91 Å². The van der Waals surface area contributed by atoms with Crippen molar-refractivity contribution < 1.29 is 9.59 Å². The van der Waals surface area contributed by atoms with Crippen LogP contribution in [-0.4, -0.2) is 18.4 Å². The summed E-state index contributed by atoms with van der Waals surface area (Å²) in [5.41, 5.74) is 4.62. The molecule has 0 spiro atoms. The third-order valence-corrected chi connectivity index (χ3v) is 4.43. The van der Waals surface area contributed by atoms with Gasteiger partial charge in [0.05, 0.1) is 0 Å². The maximum atomic E-state index is 12.5. The predicted octanol–water partition coefficient (Wildman–Crippen LogP) is 3.80. The van der Waals surface area contributed by atoms with E-state index in [1.807, 2.05) is 48.2 Å². The Morgan fingerprint density at radius 1 is 1.12 bits per heavy atom. The zero-order valence-corrected chi connectivity index (χ0v) is 14.1. The molecule has 4 heteroatoms. The van der Waals surface area contributed by atoms with E-state index in [-0.39, 0.29) is 11.8 Å². The molecule has 0 fully saturated rings. The average molecular weight is 322 g/mol. The van der Waals surface area contributed by atoms with Crippen molar-refractivity contribution in [2.24, 2.45) is 0 Å². The lowest BCUT2D eigenvalue weighted by Crippen LogP contribution is -2.27. The van der Waals surface area contributed by atoms with Crippen molar-refractivity contribution in [2.45, 2.75) is 33.1 Å². The van der Waals surface area contributed by atoms with Crippen LogP contribution in [0.15, 0.2) is 42.5 Å². The fourth-order valence-corrected chi connectivity index (χ4v) is 3.07. The minimum Gasteiger partial charge on any atom is -0.322 e. The largest absolute Gasteiger partial charge is 0.322 e. The minimum absolute atomic E-state index is 0.119. The first-order chi connectivity index (χ1) is 11.6. The molecule has 24 heavy (non-hydrogen) atoms. The number of benzene rings is 2. The van der Waals surface area contributed by atoms with Crippen LogP contribution in [0.3, 0.4) is 0 Å². The molecule has 0 saturated carbocycles. The van der Waals surface area contributed by atoms with Gasteiger partial charge < -0.3 is 10.2 Å². The van der Waals surface area contributed by atoms with E-state index < -0.39 is 0 Å². The Bertz CT molecular complexity index is 783. The van der Waals surface area contributed by atoms with E-state index in [9.17, 15) is 9.59 Å². The maximum Gasteiger partial charge on any atom is 0.255 e. The Labute approximate surface area is 142 Å². The molecule has 3 rings (SSSR count). The molecule has 2 amide bonds. The van der Waals surface area contributed by atoms with Crippen LogP contribution in [0, 0.1) is 0 Å². The van der Waals surface area contributed by atoms with Crippen LogP contribution in [-0.2, 0) is 17.6 Å². The lowest BCUT2D eigenvalue weighted by Gasteiger charge is -2.16. The van der Waals surface area contributed by atoms with Crippen molar-refractivity contribution in [1.29, 1.82) is 0 Å². The molecule has 0 atom stereocenters. The van der Waals surface area contributed by atoms with E-state index in [4.69, 9.17) is 0 Å². The highest BCUT2D eigenvalue weighted by atomic mass is 16.2. The lowest BCUT2D eigenvalue weighted by atomic mass is 10.1. The van der Waals surface area contributed by atoms with E-state index in [0.29, 0.717) is 18.5 Å². The van der Waals surface area contributed by atoms with Gasteiger partial charge in [-0.1, -0.05) is 26.0 Å². The number of nitrogens with one attached hydrogen (secondary N) is 1. The summed E-state index contributed by atoms with van der Waals surface area (Å²) in [7, 11) is 0. The smallest absolute Gasteiger partial charge is 0.255 e. The summed E-state index contributed by atoms with van der Waals surface area (Å²) in [6.45, 7) is 4.66. The van der Waals surface area contributed by atoms with Gasteiger partial charge in [-0.15, -0.1) is 0 Å². The number of hydrogen-bond acceptors (Lipinski definition) is 2. The van der Waals surface area contributed by atoms with Crippen molar-refractivity contribution in [3.05, 3.63) is 59.2 Å². The topological polar surface area (TPSA) is 49.4 Å². The van der Waals surface area contributed by atoms with Crippen LogP contribution >= 0.6 is 0 Å². The van der Waals surface area contributed by atoms with Crippen molar-refractivity contribution in [3.63, 3.8) is 0 Å². The van der Waals surface area contributed by atoms with E-state index in [1.165, 1.54) is 5.56 Å². The number of fused-ring (bicyclic) bond motifs is 1. The second-order valence-corrected chi connectivity index (χ2v) is 6.00. The van der Waals surface area contributed by atoms with E-state index in [1.54, 1.807) is 6.07 Å². The quantitative estimate of drug-likeness (QED) is 0.931. The second-order valence-electron chi connectivity index (χ2n) is 6.00. The fourth-order valence-electron chi connectivity index (χ4n) is 3.07. The van der Waals surface area contributed by atoms with Crippen LogP contribution in [0.1, 0.15) is 41.8 Å². The number of anilines is 2. The molecule has 0 saturated heterocycles. The molecule has 0 radical (unpaired) electrons. The number of aryl methyl sites for hydroxylation is 1. The first-order valence-corrected chi connectivity index (χ1v) is 8.46. The molecule has 1 aliphatic heterocycles. The van der Waals surface area contributed by atoms with Crippen molar-refractivity contribution in [1.82, 2.24) is 0 Å². The van der Waals surface area contributed by atoms with Crippen molar-refractivity contribution >= 4 is 23.2 Å². The molecular weight excluding hydrogens is 300 g/mol. The number of hydrogen-bond donors (Lipinski definition) is 1. The van der Waals surface area contributed by atoms with Gasteiger partial charge in [0, 0.05) is 29.9 Å². The molecule has 1 N–H and O–H groups in total. The molecule has 4 nitrogen and oxygen atoms in total. The zero-order valence-electron chi connectivity index (χ0n) is 14.1. The average Bonchev–Trinajstić information content (AvgIpc) is 3.04. The molecule has 2 aromatic rings. The zero-order chi connectivity index (χ0) is 17.1. The third kappa shape index (κ3) is 3.18. The number of carbonyl (C=O) groups excluding carboxylic acids is 2. The fraction of sp³-hybridized carbons (Fsp3) is 0.300. The van der Waals surface area contributed by atoms with E-state index in [0.717, 1.165) is 29.8 Å². The summed E-state index contributed by atoms with van der Waals surface area (Å²) in [4.78, 5) is 26.2. The molecule has 0 aromatic heterocycles. The maximum absolute atomic E-state index is 12.5. The van der Waals surface area contributed by atoms with Crippen LogP contribution in [0.25, 0.3) is 0 Å². The van der Waals surface area contributed by atoms with Crippen LogP contribution in [0.2, 0.25) is 0 Å². The molecule has 1 heterocycles. The molecular formula is C20H22N2O2. The van der Waals surface area contributed by atoms with E-state index >= 15 is 0 Å². The predicted molar refractivity (Wildman–Crippen MR) is 96.6 cm³/mol. The SMILES string of the molecule is CCC(=O)N1CCc2cc(C(=O)Nc3cccc(CC)c3)ccc21. The standard InChI is InChI=1S/C20H22N2O2/c1-3-14-6-5-7-17(12-14)21-20(24)16-8-9-18-15(13-16)10-11-22(18)19(23)4-2/h5-9,12-13H,3-4,10-11H2,1-2H3,(H,21,24). The third-order valence-electron chi connectivity index (χ3n) is 4.43. The summed E-state index contributed by atoms with van der Waals surface area (Å²) in [6, 6.07) is 13.5. The van der Waals surface area contributed by atoms with E-state index in [2.05, 4.69) is 12.2 Å². The molecule has 2 aromatic carbocycles. The first-order valence-electron chi connectivity index (χ1n) is 8.46. The lowest BCUT2D eigenvalue weighted by molar-refractivity contribution is -0.118. The first kappa shape index (κ1) is 16.2. The van der Waals surface area contributed by atoms with Gasteiger partial charge in [-0.2, -0.15) is 0 Å². The number of carbonyl (C=O) groups is 2. The van der Waals surface area contributed by atoms with Crippen LogP contribution in [0.4, 0.5) is 11.4 Å². The normalized spacial score (nSPS) is 12.8. The summed E-state index contributed by atoms with van der Waals surface area (Å²) in [5.74, 6) is 0.00801. The van der Waals surface area contributed by atoms with Gasteiger partial charge in [-0.3, -0.25) is 9.59 Å². The van der Waals surface area contributed by atoms with Gasteiger partial charge in [-0.05, 0) is 54.3 Å². The molecule has 0 bridgehead atoms. The summed E-state index contributed by atoms with van der Waals surface area (Å²) in [6.07, 6.45) is 2.23. The van der Waals surface area contributed by atoms with Gasteiger partial charge >= 0.3 is 0 Å². The van der Waals surface area contributed by atoms with Gasteiger partial charge in [0.2, 0.25) is 5.91 Å². The summed E-state index contributed by atoms with van der Waals surface area (Å²) >= 11 is 0. The van der Waals surface area contributed by atoms with Crippen LogP contribution in [0.5, 0.6) is 0 Å². The van der Waals surface area contributed by atoms with Gasteiger partial charge in [-0.25, -0.2) is 0 Å². The Hall–Kier alpha value is -2.62. The minimum atomic E-state index is -0.119. The monoisotopic (exact) mass is 322 g/mol. The number of amides is 2. The number of nitrogens with zero attached hydrogens (tertiary/aromatic N) is 1. The molecule has 124 valence electrons. The number of rotatable bonds is 4. The summed E-state index contributed by atoms with van der Waals surface area (Å²) in [5, 5.41) is 2.95. The molecule has 0 unspecified atom stereocenters. The molecule has 0 aliphatic carbocycles. The van der Waals surface area contributed by atoms with Crippen molar-refractivity contribution in [3.8, 4) is 0 Å². The Kier molecular flexibility index (Phi) is 4.65. The highest BCUT2D eigenvalue weighted by Gasteiger charge is 2.24. The highest BCUT2D eigenvalue weighted by molar-refractivity contribution is 6.05. The Morgan fingerprint density at radius 2 is 1.96 bits per heavy atom. The Morgan fingerprint density at radius 3 is 2.71 bits per heavy atom. The highest BCUT2D eigenvalue weighted by Crippen LogP contribution is 2.29.